The Hall–Kier alpha value is -1.51. The van der Waals surface area contributed by atoms with Crippen LogP contribution in [0.2, 0.25) is 0 Å². The van der Waals surface area contributed by atoms with Crippen molar-refractivity contribution in [2.45, 2.75) is 39.5 Å². The molecule has 0 heterocycles. The monoisotopic (exact) mass is 236 g/mol. The maximum Gasteiger partial charge on any atom is 0.303 e. The molecule has 0 spiro atoms. The minimum atomic E-state index is -0.759. The molecule has 0 radical (unpaired) electrons. The maximum atomic E-state index is 10.5. The Labute approximate surface area is 102 Å². The standard InChI is InChI=1S/C14H20O3/c1-4-17-13-7-5-11(6-8-14(15)16)9-12(13)10(2)3/h5,7,9-10H,4,6,8H2,1-3H3,(H,15,16). The first-order chi connectivity index (χ1) is 8.04. The highest BCUT2D eigenvalue weighted by Gasteiger charge is 2.09. The maximum absolute atomic E-state index is 10.5. The summed E-state index contributed by atoms with van der Waals surface area (Å²) in [5.41, 5.74) is 2.20. The van der Waals surface area contributed by atoms with Gasteiger partial charge in [0.15, 0.2) is 0 Å². The van der Waals surface area contributed by atoms with Crippen LogP contribution < -0.4 is 4.74 Å². The summed E-state index contributed by atoms with van der Waals surface area (Å²) in [5.74, 6) is 0.521. The van der Waals surface area contributed by atoms with E-state index in [4.69, 9.17) is 9.84 Å². The molecule has 0 saturated carbocycles. The SMILES string of the molecule is CCOc1ccc(CCC(=O)O)cc1C(C)C. The fraction of sp³-hybridized carbons (Fsp3) is 0.500. The average Bonchev–Trinajstić information content (AvgIpc) is 2.27. The molecule has 0 amide bonds. The van der Waals surface area contributed by atoms with Gasteiger partial charge in [-0.1, -0.05) is 26.0 Å². The lowest BCUT2D eigenvalue weighted by Gasteiger charge is -2.14. The van der Waals surface area contributed by atoms with Crippen LogP contribution in [0.15, 0.2) is 18.2 Å². The Bertz CT molecular complexity index is 383. The van der Waals surface area contributed by atoms with E-state index in [0.717, 1.165) is 16.9 Å². The highest BCUT2D eigenvalue weighted by Crippen LogP contribution is 2.28. The first kappa shape index (κ1) is 13.6. The Morgan fingerprint density at radius 2 is 2.12 bits per heavy atom. The highest BCUT2D eigenvalue weighted by atomic mass is 16.5. The molecular formula is C14H20O3. The van der Waals surface area contributed by atoms with Crippen LogP contribution in [0.25, 0.3) is 0 Å². The minimum Gasteiger partial charge on any atom is -0.494 e. The lowest BCUT2D eigenvalue weighted by atomic mass is 9.98. The van der Waals surface area contributed by atoms with Gasteiger partial charge in [0, 0.05) is 6.42 Å². The van der Waals surface area contributed by atoms with Crippen molar-refractivity contribution >= 4 is 5.97 Å². The molecular weight excluding hydrogens is 216 g/mol. The van der Waals surface area contributed by atoms with E-state index in [2.05, 4.69) is 19.9 Å². The predicted octanol–water partition coefficient (Wildman–Crippen LogP) is 3.23. The summed E-state index contributed by atoms with van der Waals surface area (Å²) in [6.07, 6.45) is 0.743. The second-order valence-corrected chi connectivity index (χ2v) is 4.35. The molecule has 1 rings (SSSR count). The van der Waals surface area contributed by atoms with Crippen molar-refractivity contribution in [2.75, 3.05) is 6.61 Å². The summed E-state index contributed by atoms with van der Waals surface area (Å²) in [6.45, 7) is 6.83. The van der Waals surface area contributed by atoms with Crippen molar-refractivity contribution in [3.05, 3.63) is 29.3 Å². The Morgan fingerprint density at radius 1 is 1.41 bits per heavy atom. The van der Waals surface area contributed by atoms with Crippen LogP contribution in [-0.2, 0) is 11.2 Å². The van der Waals surface area contributed by atoms with Gasteiger partial charge in [-0.05, 0) is 36.5 Å². The third kappa shape index (κ3) is 4.10. The first-order valence-corrected chi connectivity index (χ1v) is 6.02. The fourth-order valence-corrected chi connectivity index (χ4v) is 1.74. The van der Waals surface area contributed by atoms with Crippen LogP contribution in [0.4, 0.5) is 0 Å². The van der Waals surface area contributed by atoms with Gasteiger partial charge < -0.3 is 9.84 Å². The van der Waals surface area contributed by atoms with Crippen LogP contribution in [0.3, 0.4) is 0 Å². The lowest BCUT2D eigenvalue weighted by Crippen LogP contribution is -2.01. The molecule has 0 fully saturated rings. The van der Waals surface area contributed by atoms with Crippen LogP contribution >= 0.6 is 0 Å². The summed E-state index contributed by atoms with van der Waals surface area (Å²) in [7, 11) is 0. The zero-order chi connectivity index (χ0) is 12.8. The van der Waals surface area contributed by atoms with E-state index >= 15 is 0 Å². The summed E-state index contributed by atoms with van der Waals surface area (Å²) < 4.78 is 5.56. The van der Waals surface area contributed by atoms with E-state index < -0.39 is 5.97 Å². The van der Waals surface area contributed by atoms with Crippen LogP contribution in [0.1, 0.15) is 44.2 Å². The van der Waals surface area contributed by atoms with E-state index in [0.29, 0.717) is 18.9 Å². The van der Waals surface area contributed by atoms with Gasteiger partial charge in [-0.25, -0.2) is 0 Å². The van der Waals surface area contributed by atoms with Crippen molar-refractivity contribution in [2.24, 2.45) is 0 Å². The first-order valence-electron chi connectivity index (χ1n) is 6.02. The molecule has 0 aromatic heterocycles. The van der Waals surface area contributed by atoms with Crippen LogP contribution in [0.5, 0.6) is 5.75 Å². The molecule has 0 aliphatic heterocycles. The van der Waals surface area contributed by atoms with E-state index in [9.17, 15) is 4.79 Å². The van der Waals surface area contributed by atoms with Crippen molar-refractivity contribution in [1.29, 1.82) is 0 Å². The molecule has 0 bridgehead atoms. The van der Waals surface area contributed by atoms with Crippen molar-refractivity contribution in [1.82, 2.24) is 0 Å². The molecule has 94 valence electrons. The van der Waals surface area contributed by atoms with E-state index in [1.54, 1.807) is 0 Å². The number of carbonyl (C=O) groups is 1. The van der Waals surface area contributed by atoms with Crippen molar-refractivity contribution < 1.29 is 14.6 Å². The average molecular weight is 236 g/mol. The summed E-state index contributed by atoms with van der Waals surface area (Å²) >= 11 is 0. The molecule has 3 heteroatoms. The van der Waals surface area contributed by atoms with Gasteiger partial charge >= 0.3 is 5.97 Å². The molecule has 0 saturated heterocycles. The number of carboxylic acids is 1. The predicted molar refractivity (Wildman–Crippen MR) is 67.7 cm³/mol. The van der Waals surface area contributed by atoms with Gasteiger partial charge in [0.25, 0.3) is 0 Å². The van der Waals surface area contributed by atoms with Gasteiger partial charge in [-0.3, -0.25) is 4.79 Å². The van der Waals surface area contributed by atoms with E-state index in [1.165, 1.54) is 0 Å². The van der Waals surface area contributed by atoms with Gasteiger partial charge in [0.05, 0.1) is 6.61 Å². The van der Waals surface area contributed by atoms with Gasteiger partial charge in [-0.2, -0.15) is 0 Å². The highest BCUT2D eigenvalue weighted by molar-refractivity contribution is 5.67. The molecule has 0 unspecified atom stereocenters. The number of hydrogen-bond donors (Lipinski definition) is 1. The second-order valence-electron chi connectivity index (χ2n) is 4.35. The molecule has 0 aliphatic carbocycles. The Morgan fingerprint density at radius 3 is 2.65 bits per heavy atom. The van der Waals surface area contributed by atoms with E-state index in [1.807, 2.05) is 19.1 Å². The number of carboxylic acid groups (broad SMARTS) is 1. The van der Waals surface area contributed by atoms with Crippen LogP contribution in [0, 0.1) is 0 Å². The molecule has 0 atom stereocenters. The summed E-state index contributed by atoms with van der Waals surface area (Å²) in [5, 5.41) is 8.67. The Kier molecular flexibility index (Phi) is 5.01. The third-order valence-corrected chi connectivity index (χ3v) is 2.62. The molecule has 17 heavy (non-hydrogen) atoms. The molecule has 1 aromatic carbocycles. The normalized spacial score (nSPS) is 10.6. The van der Waals surface area contributed by atoms with Crippen LogP contribution in [-0.4, -0.2) is 17.7 Å². The third-order valence-electron chi connectivity index (χ3n) is 2.62. The van der Waals surface area contributed by atoms with E-state index in [-0.39, 0.29) is 6.42 Å². The molecule has 1 aromatic rings. The summed E-state index contributed by atoms with van der Waals surface area (Å²) in [6, 6.07) is 5.94. The molecule has 1 N–H and O–H groups in total. The van der Waals surface area contributed by atoms with Gasteiger partial charge in [-0.15, -0.1) is 0 Å². The topological polar surface area (TPSA) is 46.5 Å². The van der Waals surface area contributed by atoms with Gasteiger partial charge in [0.2, 0.25) is 0 Å². The second kappa shape index (κ2) is 6.28. The summed E-state index contributed by atoms with van der Waals surface area (Å²) in [4.78, 5) is 10.5. The quantitative estimate of drug-likeness (QED) is 0.824. The largest absolute Gasteiger partial charge is 0.494 e. The number of ether oxygens (including phenoxy) is 1. The zero-order valence-electron chi connectivity index (χ0n) is 10.7. The number of aryl methyl sites for hydroxylation is 1. The lowest BCUT2D eigenvalue weighted by molar-refractivity contribution is -0.136. The van der Waals surface area contributed by atoms with Crippen molar-refractivity contribution in [3.8, 4) is 5.75 Å². The van der Waals surface area contributed by atoms with Crippen molar-refractivity contribution in [3.63, 3.8) is 0 Å². The molecule has 0 aliphatic rings. The number of hydrogen-bond acceptors (Lipinski definition) is 2. The molecule has 3 nitrogen and oxygen atoms in total. The fourth-order valence-electron chi connectivity index (χ4n) is 1.74. The van der Waals surface area contributed by atoms with Gasteiger partial charge in [0.1, 0.15) is 5.75 Å². The number of rotatable bonds is 6. The smallest absolute Gasteiger partial charge is 0.303 e. The minimum absolute atomic E-state index is 0.172. The zero-order valence-corrected chi connectivity index (χ0v) is 10.7. The number of benzene rings is 1. The Balaban J connectivity index is 2.88. The number of aliphatic carboxylic acids is 1.